The van der Waals surface area contributed by atoms with Crippen LogP contribution in [0, 0.1) is 11.8 Å². The van der Waals surface area contributed by atoms with Crippen molar-refractivity contribution >= 4 is 41.3 Å². The Kier molecular flexibility index (Phi) is 9.67. The van der Waals surface area contributed by atoms with E-state index in [0.717, 1.165) is 5.56 Å². The number of benzene rings is 2. The third-order valence-electron chi connectivity index (χ3n) is 6.07. The molecule has 180 valence electrons. The molecule has 0 fully saturated rings. The molecule has 1 aliphatic rings. The average molecular weight is 483 g/mol. The van der Waals surface area contributed by atoms with E-state index in [1.807, 2.05) is 0 Å². The summed E-state index contributed by atoms with van der Waals surface area (Å²) in [7, 11) is 7.61. The first kappa shape index (κ1) is 27.8. The van der Waals surface area contributed by atoms with E-state index in [0.29, 0.717) is 39.9 Å². The van der Waals surface area contributed by atoms with Gasteiger partial charge in [-0.15, -0.1) is 0 Å². The normalized spacial score (nSPS) is 18.8. The summed E-state index contributed by atoms with van der Waals surface area (Å²) in [6.45, 7) is 3.69. The van der Waals surface area contributed by atoms with Gasteiger partial charge in [0, 0.05) is 17.4 Å². The second kappa shape index (κ2) is 11.8. The van der Waals surface area contributed by atoms with Crippen molar-refractivity contribution < 1.29 is 38.0 Å². The maximum atomic E-state index is 13.4. The number of carbonyl (C=O) groups excluding carboxylic acids is 2. The predicted octanol–water partition coefficient (Wildman–Crippen LogP) is 3.22. The SMILES string of the molecule is CCOC(=O)C1C(C)C(=O)c2cc(OC)c(OC)cc2C1c1cc(OC)c(OC)c(OC)c1.[NaH]. The van der Waals surface area contributed by atoms with Gasteiger partial charge in [0.25, 0.3) is 0 Å². The zero-order chi connectivity index (χ0) is 24.3. The number of methoxy groups -OCH3 is 5. The van der Waals surface area contributed by atoms with Crippen LogP contribution >= 0.6 is 0 Å². The molecule has 0 radical (unpaired) electrons. The summed E-state index contributed by atoms with van der Waals surface area (Å²) in [4.78, 5) is 26.5. The van der Waals surface area contributed by atoms with Crippen LogP contribution in [0.1, 0.15) is 41.3 Å². The van der Waals surface area contributed by atoms with E-state index in [1.54, 1.807) is 38.1 Å². The van der Waals surface area contributed by atoms with Gasteiger partial charge in [-0.25, -0.2) is 0 Å². The topological polar surface area (TPSA) is 89.5 Å². The van der Waals surface area contributed by atoms with Gasteiger partial charge < -0.3 is 28.4 Å². The number of hydrogen-bond donors (Lipinski definition) is 0. The zero-order valence-corrected chi connectivity index (χ0v) is 20.0. The van der Waals surface area contributed by atoms with Crippen molar-refractivity contribution in [2.75, 3.05) is 42.2 Å². The number of carbonyl (C=O) groups is 2. The van der Waals surface area contributed by atoms with E-state index in [9.17, 15) is 9.59 Å². The minimum atomic E-state index is -0.758. The third-order valence-corrected chi connectivity index (χ3v) is 6.07. The maximum absolute atomic E-state index is 13.4. The van der Waals surface area contributed by atoms with Crippen LogP contribution in [0.2, 0.25) is 0 Å². The van der Waals surface area contributed by atoms with Gasteiger partial charge in [-0.1, -0.05) is 6.92 Å². The van der Waals surface area contributed by atoms with Crippen molar-refractivity contribution in [2.24, 2.45) is 11.8 Å². The van der Waals surface area contributed by atoms with Gasteiger partial charge in [0.15, 0.2) is 28.8 Å². The molecule has 9 heteroatoms. The molecule has 1 aliphatic carbocycles. The van der Waals surface area contributed by atoms with Gasteiger partial charge in [0.05, 0.1) is 48.1 Å². The van der Waals surface area contributed by atoms with Crippen molar-refractivity contribution in [1.29, 1.82) is 0 Å². The Labute approximate surface area is 222 Å². The number of ether oxygens (including phenoxy) is 6. The van der Waals surface area contributed by atoms with E-state index in [4.69, 9.17) is 28.4 Å². The summed E-state index contributed by atoms with van der Waals surface area (Å²) in [6, 6.07) is 7.00. The first-order valence-corrected chi connectivity index (χ1v) is 10.6. The van der Waals surface area contributed by atoms with Gasteiger partial charge in [0.1, 0.15) is 0 Å². The molecular formula is C25H31NaO8. The molecule has 0 heterocycles. The van der Waals surface area contributed by atoms with E-state index in [-0.39, 0.29) is 41.9 Å². The monoisotopic (exact) mass is 482 g/mol. The molecule has 3 rings (SSSR count). The molecule has 2 aromatic carbocycles. The van der Waals surface area contributed by atoms with Crippen LogP contribution in [0.5, 0.6) is 28.7 Å². The van der Waals surface area contributed by atoms with Crippen molar-refractivity contribution in [2.45, 2.75) is 19.8 Å². The number of rotatable bonds is 8. The Hall–Kier alpha value is -2.42. The molecule has 3 atom stereocenters. The summed E-state index contributed by atoms with van der Waals surface area (Å²) in [6.07, 6.45) is 0. The number of Topliss-reactive ketones (excluding diaryl/α,β-unsaturated/α-hetero) is 1. The number of hydrogen-bond acceptors (Lipinski definition) is 8. The minimum absolute atomic E-state index is 0. The predicted molar refractivity (Wildman–Crippen MR) is 128 cm³/mol. The van der Waals surface area contributed by atoms with Crippen molar-refractivity contribution in [3.8, 4) is 28.7 Å². The quantitative estimate of drug-likeness (QED) is 0.419. The number of ketones is 1. The summed E-state index contributed by atoms with van der Waals surface area (Å²) in [5, 5.41) is 0. The first-order chi connectivity index (χ1) is 15.9. The van der Waals surface area contributed by atoms with E-state index in [2.05, 4.69) is 0 Å². The zero-order valence-electron chi connectivity index (χ0n) is 20.0. The standard InChI is InChI=1S/C25H30O8.Na.H/c1-8-33-25(27)21-13(2)23(26)16-12-18(29-4)17(28-3)11-15(16)22(21)14-9-19(30-5)24(32-7)20(10-14)31-6;;/h9-13,21-22H,8H2,1-7H3;;. The molecular weight excluding hydrogens is 451 g/mol. The Morgan fingerprint density at radius 3 is 1.82 bits per heavy atom. The van der Waals surface area contributed by atoms with Gasteiger partial charge in [-0.3, -0.25) is 9.59 Å². The molecule has 34 heavy (non-hydrogen) atoms. The first-order valence-electron chi connectivity index (χ1n) is 10.6. The van der Waals surface area contributed by atoms with Crippen LogP contribution in [-0.4, -0.2) is 83.5 Å². The molecule has 3 unspecified atom stereocenters. The second-order valence-electron chi connectivity index (χ2n) is 7.66. The molecule has 0 spiro atoms. The summed E-state index contributed by atoms with van der Waals surface area (Å²) in [5.74, 6) is -0.297. The molecule has 8 nitrogen and oxygen atoms in total. The fraction of sp³-hybridized carbons (Fsp3) is 0.440. The van der Waals surface area contributed by atoms with Crippen LogP contribution in [0.15, 0.2) is 24.3 Å². The van der Waals surface area contributed by atoms with Crippen LogP contribution in [0.3, 0.4) is 0 Å². The molecule has 0 amide bonds. The molecule has 0 aliphatic heterocycles. The van der Waals surface area contributed by atoms with E-state index in [1.165, 1.54) is 35.5 Å². The van der Waals surface area contributed by atoms with Crippen molar-refractivity contribution in [3.63, 3.8) is 0 Å². The van der Waals surface area contributed by atoms with Crippen molar-refractivity contribution in [3.05, 3.63) is 41.0 Å². The van der Waals surface area contributed by atoms with Crippen LogP contribution < -0.4 is 23.7 Å². The summed E-state index contributed by atoms with van der Waals surface area (Å²) >= 11 is 0. The Morgan fingerprint density at radius 1 is 0.824 bits per heavy atom. The molecule has 0 bridgehead atoms. The van der Waals surface area contributed by atoms with Gasteiger partial charge >= 0.3 is 35.5 Å². The second-order valence-corrected chi connectivity index (χ2v) is 7.66. The fourth-order valence-electron chi connectivity index (χ4n) is 4.50. The molecule has 0 N–H and O–H groups in total. The molecule has 0 aromatic heterocycles. The average Bonchev–Trinajstić information content (AvgIpc) is 2.84. The van der Waals surface area contributed by atoms with Crippen LogP contribution in [0.4, 0.5) is 0 Å². The van der Waals surface area contributed by atoms with Gasteiger partial charge in [-0.2, -0.15) is 0 Å². The van der Waals surface area contributed by atoms with Gasteiger partial charge in [0.2, 0.25) is 5.75 Å². The summed E-state index contributed by atoms with van der Waals surface area (Å²) < 4.78 is 32.8. The van der Waals surface area contributed by atoms with E-state index >= 15 is 0 Å². The van der Waals surface area contributed by atoms with Crippen LogP contribution in [-0.2, 0) is 9.53 Å². The number of esters is 1. The Morgan fingerprint density at radius 2 is 1.35 bits per heavy atom. The summed E-state index contributed by atoms with van der Waals surface area (Å²) in [5.41, 5.74) is 1.83. The fourth-order valence-corrected chi connectivity index (χ4v) is 4.50. The Balaban J connectivity index is 0.00000408. The molecule has 0 saturated carbocycles. The third kappa shape index (κ3) is 4.85. The van der Waals surface area contributed by atoms with E-state index < -0.39 is 23.7 Å². The molecule has 0 saturated heterocycles. The van der Waals surface area contributed by atoms with Gasteiger partial charge in [-0.05, 0) is 42.3 Å². The number of fused-ring (bicyclic) bond motifs is 1. The van der Waals surface area contributed by atoms with Crippen molar-refractivity contribution in [1.82, 2.24) is 0 Å². The molecule has 2 aromatic rings. The Bertz CT molecular complexity index is 1030. The van der Waals surface area contributed by atoms with Crippen LogP contribution in [0.25, 0.3) is 0 Å².